The first-order valence-corrected chi connectivity index (χ1v) is 6.17. The molecule has 0 radical (unpaired) electrons. The van der Waals surface area contributed by atoms with Gasteiger partial charge in [-0.25, -0.2) is 4.39 Å². The Morgan fingerprint density at radius 3 is 2.60 bits per heavy atom. The highest BCUT2D eigenvalue weighted by atomic mass is 79.9. The number of nitrogens with zero attached hydrogens (tertiary/aromatic N) is 1. The van der Waals surface area contributed by atoms with Gasteiger partial charge in [0.15, 0.2) is 11.6 Å². The van der Waals surface area contributed by atoms with E-state index in [2.05, 4.69) is 15.9 Å². The van der Waals surface area contributed by atoms with Gasteiger partial charge in [0, 0.05) is 11.6 Å². The van der Waals surface area contributed by atoms with E-state index in [4.69, 9.17) is 4.74 Å². The Kier molecular flexibility index (Phi) is 4.09. The molecule has 0 saturated heterocycles. The average molecular weight is 340 g/mol. The molecule has 5 nitrogen and oxygen atoms in total. The number of halogens is 2. The Hall–Kier alpha value is -2.28. The molecule has 0 saturated carbocycles. The Labute approximate surface area is 121 Å². The van der Waals surface area contributed by atoms with Crippen molar-refractivity contribution in [2.75, 3.05) is 0 Å². The number of hydrogen-bond donors (Lipinski definition) is 0. The molecule has 0 bridgehead atoms. The summed E-state index contributed by atoms with van der Waals surface area (Å²) >= 11 is 3.05. The minimum Gasteiger partial charge on any atom is -0.453 e. The van der Waals surface area contributed by atoms with E-state index >= 15 is 0 Å². The van der Waals surface area contributed by atoms with Crippen molar-refractivity contribution in [1.29, 1.82) is 0 Å². The van der Waals surface area contributed by atoms with Crippen LogP contribution in [0.1, 0.15) is 10.4 Å². The Morgan fingerprint density at radius 2 is 2.00 bits per heavy atom. The first-order valence-electron chi connectivity index (χ1n) is 5.38. The van der Waals surface area contributed by atoms with E-state index in [1.54, 1.807) is 0 Å². The largest absolute Gasteiger partial charge is 0.453 e. The van der Waals surface area contributed by atoms with E-state index in [9.17, 15) is 19.3 Å². The third kappa shape index (κ3) is 2.83. The monoisotopic (exact) mass is 339 g/mol. The van der Waals surface area contributed by atoms with Gasteiger partial charge in [-0.1, -0.05) is 6.07 Å². The number of carbonyl (C=O) groups is 1. The van der Waals surface area contributed by atoms with Crippen molar-refractivity contribution in [2.24, 2.45) is 0 Å². The van der Waals surface area contributed by atoms with Crippen LogP contribution in [0.3, 0.4) is 0 Å². The fraction of sp³-hybridized carbons (Fsp3) is 0. The van der Waals surface area contributed by atoms with Crippen molar-refractivity contribution in [3.05, 3.63) is 62.4 Å². The van der Waals surface area contributed by atoms with Crippen LogP contribution >= 0.6 is 15.9 Å². The maximum Gasteiger partial charge on any atom is 0.287 e. The lowest BCUT2D eigenvalue weighted by atomic mass is 10.2. The zero-order valence-corrected chi connectivity index (χ0v) is 11.5. The molecule has 0 aliphatic rings. The van der Waals surface area contributed by atoms with E-state index in [0.717, 1.165) is 6.07 Å². The minimum absolute atomic E-state index is 0.108. The van der Waals surface area contributed by atoms with Crippen LogP contribution in [0.25, 0.3) is 0 Å². The molecule has 2 aromatic carbocycles. The zero-order chi connectivity index (χ0) is 14.7. The summed E-state index contributed by atoms with van der Waals surface area (Å²) in [6.07, 6.45) is 0.510. The van der Waals surface area contributed by atoms with Crippen molar-refractivity contribution >= 4 is 27.9 Å². The lowest BCUT2D eigenvalue weighted by Gasteiger charge is -2.08. The van der Waals surface area contributed by atoms with Crippen LogP contribution in [0.15, 0.2) is 40.9 Å². The average Bonchev–Trinajstić information content (AvgIpc) is 2.42. The van der Waals surface area contributed by atoms with Gasteiger partial charge in [0.25, 0.3) is 5.69 Å². The van der Waals surface area contributed by atoms with E-state index in [1.165, 1.54) is 30.3 Å². The highest BCUT2D eigenvalue weighted by Gasteiger charge is 2.17. The first kappa shape index (κ1) is 14.1. The number of ether oxygens (including phenoxy) is 1. The number of carbonyl (C=O) groups excluding carboxylic acids is 1. The third-order valence-electron chi connectivity index (χ3n) is 2.45. The normalized spacial score (nSPS) is 10.1. The summed E-state index contributed by atoms with van der Waals surface area (Å²) in [7, 11) is 0. The lowest BCUT2D eigenvalue weighted by Crippen LogP contribution is -1.94. The second kappa shape index (κ2) is 5.79. The van der Waals surface area contributed by atoms with Crippen LogP contribution in [-0.4, -0.2) is 11.2 Å². The number of benzene rings is 2. The maximum atomic E-state index is 13.7. The first-order chi connectivity index (χ1) is 9.52. The number of rotatable bonds is 4. The van der Waals surface area contributed by atoms with Gasteiger partial charge in [-0.2, -0.15) is 0 Å². The zero-order valence-electron chi connectivity index (χ0n) is 9.88. The van der Waals surface area contributed by atoms with Crippen molar-refractivity contribution < 1.29 is 18.8 Å². The summed E-state index contributed by atoms with van der Waals surface area (Å²) in [5.74, 6) is -0.748. The van der Waals surface area contributed by atoms with Crippen LogP contribution < -0.4 is 4.74 Å². The molecule has 0 amide bonds. The summed E-state index contributed by atoms with van der Waals surface area (Å²) in [6, 6.07) is 7.87. The van der Waals surface area contributed by atoms with E-state index in [1.807, 2.05) is 0 Å². The van der Waals surface area contributed by atoms with Crippen molar-refractivity contribution in [3.8, 4) is 11.5 Å². The SMILES string of the molecule is O=Cc1ccc(Oc2cccc([N+](=O)[O-])c2Br)c(F)c1. The molecule has 102 valence electrons. The van der Waals surface area contributed by atoms with Gasteiger partial charge in [-0.15, -0.1) is 0 Å². The molecule has 0 aliphatic carbocycles. The van der Waals surface area contributed by atoms with Gasteiger partial charge in [0.1, 0.15) is 16.5 Å². The lowest BCUT2D eigenvalue weighted by molar-refractivity contribution is -0.385. The predicted molar refractivity (Wildman–Crippen MR) is 72.7 cm³/mol. The van der Waals surface area contributed by atoms with Crippen LogP contribution in [0.5, 0.6) is 11.5 Å². The molecular weight excluding hydrogens is 333 g/mol. The van der Waals surface area contributed by atoms with Gasteiger partial charge in [-0.05, 0) is 40.2 Å². The van der Waals surface area contributed by atoms with E-state index < -0.39 is 10.7 Å². The Morgan fingerprint density at radius 1 is 1.25 bits per heavy atom. The summed E-state index contributed by atoms with van der Waals surface area (Å²) in [5, 5.41) is 10.8. The van der Waals surface area contributed by atoms with Crippen LogP contribution in [0.2, 0.25) is 0 Å². The quantitative estimate of drug-likeness (QED) is 0.477. The summed E-state index contributed by atoms with van der Waals surface area (Å²) in [4.78, 5) is 20.7. The Bertz CT molecular complexity index is 690. The molecule has 2 rings (SSSR count). The molecular formula is C13H7BrFNO4. The Balaban J connectivity index is 2.38. The molecule has 0 heterocycles. The summed E-state index contributed by atoms with van der Waals surface area (Å²) < 4.78 is 19.1. The fourth-order valence-corrected chi connectivity index (χ4v) is 2.00. The van der Waals surface area contributed by atoms with Crippen molar-refractivity contribution in [2.45, 2.75) is 0 Å². The number of hydrogen-bond acceptors (Lipinski definition) is 4. The molecule has 0 fully saturated rings. The van der Waals surface area contributed by atoms with Crippen molar-refractivity contribution in [1.82, 2.24) is 0 Å². The smallest absolute Gasteiger partial charge is 0.287 e. The number of nitro groups is 1. The fourth-order valence-electron chi connectivity index (χ4n) is 1.51. The topological polar surface area (TPSA) is 69.4 Å². The second-order valence-corrected chi connectivity index (χ2v) is 4.55. The molecule has 0 atom stereocenters. The summed E-state index contributed by atoms with van der Waals surface area (Å²) in [5.41, 5.74) is -0.0135. The standard InChI is InChI=1S/C13H7BrFNO4/c14-13-10(16(18)19)2-1-3-12(13)20-11-5-4-8(7-17)6-9(11)15/h1-7H. The molecule has 0 unspecified atom stereocenters. The molecule has 0 spiro atoms. The van der Waals surface area contributed by atoms with Gasteiger partial charge < -0.3 is 4.74 Å². The molecule has 0 N–H and O–H groups in total. The van der Waals surface area contributed by atoms with Gasteiger partial charge in [0.05, 0.1) is 4.92 Å². The van der Waals surface area contributed by atoms with Crippen molar-refractivity contribution in [3.63, 3.8) is 0 Å². The second-order valence-electron chi connectivity index (χ2n) is 3.76. The van der Waals surface area contributed by atoms with Crippen LogP contribution in [0.4, 0.5) is 10.1 Å². The third-order valence-corrected chi connectivity index (χ3v) is 3.25. The van der Waals surface area contributed by atoms with Gasteiger partial charge >= 0.3 is 0 Å². The van der Waals surface area contributed by atoms with Gasteiger partial charge in [-0.3, -0.25) is 14.9 Å². The predicted octanol–water partition coefficient (Wildman–Crippen LogP) is 4.10. The van der Waals surface area contributed by atoms with Crippen LogP contribution in [0, 0.1) is 15.9 Å². The molecule has 0 aliphatic heterocycles. The number of nitro benzene ring substituents is 1. The number of aldehydes is 1. The molecule has 2 aromatic rings. The van der Waals surface area contributed by atoms with Gasteiger partial charge in [0.2, 0.25) is 0 Å². The van der Waals surface area contributed by atoms with E-state index in [0.29, 0.717) is 6.29 Å². The summed E-state index contributed by atoms with van der Waals surface area (Å²) in [6.45, 7) is 0. The molecule has 7 heteroatoms. The minimum atomic E-state index is -0.729. The highest BCUT2D eigenvalue weighted by molar-refractivity contribution is 9.10. The van der Waals surface area contributed by atoms with Crippen LogP contribution in [-0.2, 0) is 0 Å². The van der Waals surface area contributed by atoms with E-state index in [-0.39, 0.29) is 27.2 Å². The highest BCUT2D eigenvalue weighted by Crippen LogP contribution is 2.37. The molecule has 20 heavy (non-hydrogen) atoms. The molecule has 0 aromatic heterocycles. The maximum absolute atomic E-state index is 13.7.